The number of carbonyl (C=O) groups excluding carboxylic acids is 1. The minimum absolute atomic E-state index is 0.000491. The van der Waals surface area contributed by atoms with E-state index in [0.29, 0.717) is 5.82 Å². The molecule has 4 rings (SSSR count). The maximum atomic E-state index is 12.5. The summed E-state index contributed by atoms with van der Waals surface area (Å²) in [4.78, 5) is 13.8. The second-order valence-electron chi connectivity index (χ2n) is 6.38. The van der Waals surface area contributed by atoms with E-state index in [9.17, 15) is 4.79 Å². The van der Waals surface area contributed by atoms with Crippen LogP contribution in [0.1, 0.15) is 11.1 Å². The monoisotopic (exact) mass is 369 g/mol. The van der Waals surface area contributed by atoms with Crippen LogP contribution in [-0.4, -0.2) is 26.1 Å². The lowest BCUT2D eigenvalue weighted by atomic mass is 10.0. The third kappa shape index (κ3) is 4.29. The zero-order chi connectivity index (χ0) is 19.2. The molecule has 138 valence electrons. The third-order valence-electron chi connectivity index (χ3n) is 4.30. The van der Waals surface area contributed by atoms with Crippen molar-refractivity contribution in [3.8, 4) is 11.4 Å². The highest BCUT2D eigenvalue weighted by molar-refractivity contribution is 5.91. The molecule has 0 unspecified atom stereocenters. The van der Waals surface area contributed by atoms with Gasteiger partial charge >= 0.3 is 0 Å². The molecule has 0 saturated carbocycles. The van der Waals surface area contributed by atoms with Gasteiger partial charge in [0.05, 0.1) is 0 Å². The summed E-state index contributed by atoms with van der Waals surface area (Å²) < 4.78 is 0. The fourth-order valence-electron chi connectivity index (χ4n) is 2.94. The van der Waals surface area contributed by atoms with Crippen molar-refractivity contribution < 1.29 is 4.79 Å². The molecule has 0 atom stereocenters. The number of hydrogen-bond acceptors (Lipinski definition) is 4. The molecule has 3 aromatic carbocycles. The lowest BCUT2D eigenvalue weighted by molar-refractivity contribution is -0.117. The highest BCUT2D eigenvalue weighted by Gasteiger charge is 2.11. The van der Waals surface area contributed by atoms with Crippen LogP contribution in [0.15, 0.2) is 84.9 Å². The van der Waals surface area contributed by atoms with Crippen molar-refractivity contribution in [2.75, 3.05) is 5.32 Å². The Kier molecular flexibility index (Phi) is 5.20. The number of hydrogen-bond donors (Lipinski definition) is 1. The first-order chi connectivity index (χ1) is 13.8. The van der Waals surface area contributed by atoms with Crippen molar-refractivity contribution in [1.82, 2.24) is 20.2 Å². The lowest BCUT2D eigenvalue weighted by Gasteiger charge is -2.11. The first-order valence-corrected chi connectivity index (χ1v) is 9.03. The van der Waals surface area contributed by atoms with Gasteiger partial charge < -0.3 is 5.32 Å². The van der Waals surface area contributed by atoms with Crippen LogP contribution in [0.3, 0.4) is 0 Å². The number of para-hydroxylation sites is 1. The molecule has 1 aromatic heterocycles. The van der Waals surface area contributed by atoms with Crippen LogP contribution >= 0.6 is 0 Å². The molecule has 6 heteroatoms. The smallest absolute Gasteiger partial charge is 0.248 e. The molecule has 1 heterocycles. The van der Waals surface area contributed by atoms with E-state index in [0.717, 1.165) is 23.2 Å². The quantitative estimate of drug-likeness (QED) is 0.564. The SMILES string of the molecule is O=C(Cn1nnc(-c2ccccc2)n1)Nc1ccccc1Cc1ccccc1. The third-order valence-corrected chi connectivity index (χ3v) is 4.30. The Morgan fingerprint density at radius 3 is 2.32 bits per heavy atom. The van der Waals surface area contributed by atoms with Crippen molar-refractivity contribution >= 4 is 11.6 Å². The molecule has 1 N–H and O–H groups in total. The molecule has 1 amide bonds. The fourth-order valence-corrected chi connectivity index (χ4v) is 2.94. The number of tetrazole rings is 1. The van der Waals surface area contributed by atoms with Crippen LogP contribution in [0.25, 0.3) is 11.4 Å². The molecule has 4 aromatic rings. The van der Waals surface area contributed by atoms with Crippen molar-refractivity contribution in [3.63, 3.8) is 0 Å². The predicted octanol–water partition coefficient (Wildman–Crippen LogP) is 3.57. The molecule has 0 fully saturated rings. The van der Waals surface area contributed by atoms with E-state index in [4.69, 9.17) is 0 Å². The van der Waals surface area contributed by atoms with Crippen LogP contribution in [-0.2, 0) is 17.8 Å². The van der Waals surface area contributed by atoms with Crippen LogP contribution in [0.5, 0.6) is 0 Å². The van der Waals surface area contributed by atoms with Gasteiger partial charge in [0.15, 0.2) is 0 Å². The summed E-state index contributed by atoms with van der Waals surface area (Å²) in [5.41, 5.74) is 3.90. The fraction of sp³-hybridized carbons (Fsp3) is 0.0909. The number of benzene rings is 3. The Bertz CT molecular complexity index is 1060. The van der Waals surface area contributed by atoms with Crippen LogP contribution in [0.2, 0.25) is 0 Å². The van der Waals surface area contributed by atoms with Gasteiger partial charge in [0.1, 0.15) is 6.54 Å². The molecule has 28 heavy (non-hydrogen) atoms. The first kappa shape index (κ1) is 17.6. The van der Waals surface area contributed by atoms with E-state index in [1.165, 1.54) is 10.4 Å². The van der Waals surface area contributed by atoms with Crippen molar-refractivity contribution in [2.45, 2.75) is 13.0 Å². The molecule has 0 aliphatic heterocycles. The second-order valence-corrected chi connectivity index (χ2v) is 6.38. The van der Waals surface area contributed by atoms with Gasteiger partial charge in [-0.3, -0.25) is 4.79 Å². The Labute approximate surface area is 162 Å². The van der Waals surface area contributed by atoms with E-state index in [2.05, 4.69) is 32.9 Å². The number of rotatable bonds is 6. The minimum atomic E-state index is -0.197. The van der Waals surface area contributed by atoms with Gasteiger partial charge in [0.25, 0.3) is 0 Å². The summed E-state index contributed by atoms with van der Waals surface area (Å²) in [5, 5.41) is 15.2. The summed E-state index contributed by atoms with van der Waals surface area (Å²) in [6.07, 6.45) is 0.747. The minimum Gasteiger partial charge on any atom is -0.324 e. The largest absolute Gasteiger partial charge is 0.324 e. The van der Waals surface area contributed by atoms with Crippen LogP contribution in [0.4, 0.5) is 5.69 Å². The van der Waals surface area contributed by atoms with E-state index in [1.807, 2.05) is 72.8 Å². The molecule has 0 radical (unpaired) electrons. The van der Waals surface area contributed by atoms with Crippen molar-refractivity contribution in [3.05, 3.63) is 96.1 Å². The molecule has 0 aliphatic carbocycles. The molecular weight excluding hydrogens is 350 g/mol. The standard InChI is InChI=1S/C22H19N5O/c28-21(16-27-25-22(24-26-27)18-11-5-2-6-12-18)23-20-14-8-7-13-19(20)15-17-9-3-1-4-10-17/h1-14H,15-16H2,(H,23,28). The lowest BCUT2D eigenvalue weighted by Crippen LogP contribution is -2.21. The number of carbonyl (C=O) groups is 1. The highest BCUT2D eigenvalue weighted by Crippen LogP contribution is 2.19. The maximum absolute atomic E-state index is 12.5. The number of amides is 1. The molecule has 0 spiro atoms. The molecule has 6 nitrogen and oxygen atoms in total. The zero-order valence-electron chi connectivity index (χ0n) is 15.2. The van der Waals surface area contributed by atoms with Gasteiger partial charge in [-0.15, -0.1) is 10.2 Å². The summed E-state index contributed by atoms with van der Waals surface area (Å²) in [5.74, 6) is 0.301. The Balaban J connectivity index is 1.44. The van der Waals surface area contributed by atoms with Gasteiger partial charge in [-0.25, -0.2) is 0 Å². The summed E-state index contributed by atoms with van der Waals surface area (Å²) in [6, 6.07) is 27.5. The summed E-state index contributed by atoms with van der Waals surface area (Å²) >= 11 is 0. The second kappa shape index (κ2) is 8.26. The maximum Gasteiger partial charge on any atom is 0.248 e. The van der Waals surface area contributed by atoms with E-state index in [1.54, 1.807) is 0 Å². The molecule has 0 aliphatic rings. The topological polar surface area (TPSA) is 72.7 Å². The number of anilines is 1. The van der Waals surface area contributed by atoms with E-state index in [-0.39, 0.29) is 12.5 Å². The molecule has 0 bridgehead atoms. The van der Waals surface area contributed by atoms with Crippen molar-refractivity contribution in [1.29, 1.82) is 0 Å². The van der Waals surface area contributed by atoms with E-state index >= 15 is 0 Å². The van der Waals surface area contributed by atoms with Gasteiger partial charge in [-0.05, 0) is 28.8 Å². The average molecular weight is 369 g/mol. The highest BCUT2D eigenvalue weighted by atomic mass is 16.2. The van der Waals surface area contributed by atoms with Crippen LogP contribution in [0, 0.1) is 0 Å². The Morgan fingerprint density at radius 1 is 0.857 bits per heavy atom. The zero-order valence-corrected chi connectivity index (χ0v) is 15.2. The summed E-state index contributed by atoms with van der Waals surface area (Å²) in [7, 11) is 0. The normalized spacial score (nSPS) is 10.6. The van der Waals surface area contributed by atoms with Gasteiger partial charge in [-0.2, -0.15) is 4.80 Å². The predicted molar refractivity (Wildman–Crippen MR) is 108 cm³/mol. The summed E-state index contributed by atoms with van der Waals surface area (Å²) in [6.45, 7) is -0.000491. The Morgan fingerprint density at radius 2 is 1.54 bits per heavy atom. The number of nitrogens with one attached hydrogen (secondary N) is 1. The molecule has 0 saturated heterocycles. The van der Waals surface area contributed by atoms with Crippen molar-refractivity contribution in [2.24, 2.45) is 0 Å². The van der Waals surface area contributed by atoms with Gasteiger partial charge in [0.2, 0.25) is 11.7 Å². The number of nitrogens with zero attached hydrogens (tertiary/aromatic N) is 4. The average Bonchev–Trinajstić information content (AvgIpc) is 3.19. The van der Waals surface area contributed by atoms with E-state index < -0.39 is 0 Å². The number of aromatic nitrogens is 4. The van der Waals surface area contributed by atoms with Gasteiger partial charge in [0, 0.05) is 11.3 Å². The Hall–Kier alpha value is -3.80. The molecular formula is C22H19N5O. The van der Waals surface area contributed by atoms with Crippen LogP contribution < -0.4 is 5.32 Å². The van der Waals surface area contributed by atoms with Gasteiger partial charge in [-0.1, -0.05) is 78.9 Å². The first-order valence-electron chi connectivity index (χ1n) is 9.03.